The van der Waals surface area contributed by atoms with Crippen molar-refractivity contribution in [3.05, 3.63) is 34.7 Å². The van der Waals surface area contributed by atoms with E-state index in [1.54, 1.807) is 43.0 Å². The average Bonchev–Trinajstić information content (AvgIpc) is 2.33. The summed E-state index contributed by atoms with van der Waals surface area (Å²) in [6.45, 7) is 3.39. The van der Waals surface area contributed by atoms with E-state index in [0.29, 0.717) is 5.57 Å². The summed E-state index contributed by atoms with van der Waals surface area (Å²) in [6, 6.07) is 3.61. The Morgan fingerprint density at radius 3 is 2.14 bits per heavy atom. The van der Waals surface area contributed by atoms with Crippen molar-refractivity contribution >= 4 is 10.4 Å². The zero-order valence-electron chi connectivity index (χ0n) is 12.0. The second-order valence-corrected chi connectivity index (χ2v) is 5.06. The topological polar surface area (TPSA) is 117 Å². The molecular formula is C12H12N3NaO4S. The molecule has 0 fully saturated rings. The molecule has 0 N–H and O–H groups in total. The van der Waals surface area contributed by atoms with Gasteiger partial charge in [0, 0.05) is 23.5 Å². The molecule has 0 spiro atoms. The molecule has 1 aliphatic heterocycles. The maximum Gasteiger partial charge on any atom is 1.00 e. The quantitative estimate of drug-likeness (QED) is 0.253. The first-order chi connectivity index (χ1) is 9.28. The molecule has 0 bridgehead atoms. The summed E-state index contributed by atoms with van der Waals surface area (Å²) in [5.74, 6) is 0. The molecule has 0 unspecified atom stereocenters. The maximum absolute atomic E-state index is 10.3. The third-order valence-corrected chi connectivity index (χ3v) is 3.09. The fraction of sp³-hybridized carbons (Fsp3) is 0.333. The minimum absolute atomic E-state index is 0. The Morgan fingerprint density at radius 2 is 1.76 bits per heavy atom. The Labute approximate surface area is 146 Å². The summed E-state index contributed by atoms with van der Waals surface area (Å²) in [4.78, 5) is 1.72. The molecule has 0 aliphatic carbocycles. The van der Waals surface area contributed by atoms with Gasteiger partial charge < -0.3 is 9.45 Å². The van der Waals surface area contributed by atoms with Crippen LogP contribution in [0, 0.1) is 22.7 Å². The van der Waals surface area contributed by atoms with Gasteiger partial charge in [0.25, 0.3) is 0 Å². The largest absolute Gasteiger partial charge is 1.00 e. The van der Waals surface area contributed by atoms with Gasteiger partial charge in [0.2, 0.25) is 10.4 Å². The molecular weight excluding hydrogens is 305 g/mol. The van der Waals surface area contributed by atoms with E-state index in [0.717, 1.165) is 11.4 Å². The van der Waals surface area contributed by atoms with Crippen LogP contribution in [0.5, 0.6) is 0 Å². The standard InChI is InChI=1S/C12H13N3O4S.Na/c1-9-5-11(12(7-13)8-14)6-10(2)15(9)3-4-19-20(16,17)18;/h5-6H,3-4H2,1-2H3,(H,16,17,18);/q;+1/p-1. The summed E-state index contributed by atoms with van der Waals surface area (Å²) in [6.07, 6.45) is 3.28. The van der Waals surface area contributed by atoms with E-state index < -0.39 is 10.4 Å². The van der Waals surface area contributed by atoms with E-state index in [9.17, 15) is 13.0 Å². The fourth-order valence-electron chi connectivity index (χ4n) is 1.81. The van der Waals surface area contributed by atoms with Crippen LogP contribution >= 0.6 is 0 Å². The first-order valence-electron chi connectivity index (χ1n) is 5.57. The van der Waals surface area contributed by atoms with Crippen LogP contribution in [-0.2, 0) is 14.6 Å². The molecule has 106 valence electrons. The van der Waals surface area contributed by atoms with Crippen molar-refractivity contribution in [2.75, 3.05) is 13.2 Å². The van der Waals surface area contributed by atoms with Crippen LogP contribution < -0.4 is 29.6 Å². The monoisotopic (exact) mass is 317 g/mol. The van der Waals surface area contributed by atoms with Gasteiger partial charge in [-0.15, -0.1) is 0 Å². The van der Waals surface area contributed by atoms with Crippen molar-refractivity contribution in [1.82, 2.24) is 4.90 Å². The number of rotatable bonds is 4. The summed E-state index contributed by atoms with van der Waals surface area (Å²) in [7, 11) is -4.70. The van der Waals surface area contributed by atoms with Crippen LogP contribution in [-0.4, -0.2) is 31.0 Å². The van der Waals surface area contributed by atoms with Crippen LogP contribution in [0.4, 0.5) is 0 Å². The molecule has 1 heterocycles. The van der Waals surface area contributed by atoms with Gasteiger partial charge in [-0.3, -0.25) is 4.18 Å². The molecule has 0 aromatic heterocycles. The normalized spacial score (nSPS) is 14.3. The Balaban J connectivity index is 0.00000400. The smallest absolute Gasteiger partial charge is 0.726 e. The maximum atomic E-state index is 10.3. The molecule has 0 radical (unpaired) electrons. The molecule has 0 aromatic rings. The Hall–Kier alpha value is -1.13. The van der Waals surface area contributed by atoms with Crippen molar-refractivity contribution in [2.24, 2.45) is 0 Å². The fourth-order valence-corrected chi connectivity index (χ4v) is 2.09. The molecule has 0 atom stereocenters. The van der Waals surface area contributed by atoms with E-state index in [1.807, 2.05) is 0 Å². The van der Waals surface area contributed by atoms with E-state index >= 15 is 0 Å². The van der Waals surface area contributed by atoms with Crippen molar-refractivity contribution in [3.8, 4) is 12.1 Å². The van der Waals surface area contributed by atoms with Crippen molar-refractivity contribution in [2.45, 2.75) is 13.8 Å². The molecule has 0 aromatic carbocycles. The minimum Gasteiger partial charge on any atom is -0.726 e. The van der Waals surface area contributed by atoms with Gasteiger partial charge in [-0.05, 0) is 26.0 Å². The molecule has 0 saturated heterocycles. The van der Waals surface area contributed by atoms with Crippen LogP contribution in [0.15, 0.2) is 34.7 Å². The number of nitriles is 2. The molecule has 0 saturated carbocycles. The predicted octanol–water partition coefficient (Wildman–Crippen LogP) is -2.07. The third kappa shape index (κ3) is 6.02. The van der Waals surface area contributed by atoms with E-state index in [1.165, 1.54) is 0 Å². The molecule has 1 rings (SSSR count). The minimum atomic E-state index is -4.70. The van der Waals surface area contributed by atoms with E-state index in [2.05, 4.69) is 4.18 Å². The Kier molecular flexibility index (Phi) is 7.90. The van der Waals surface area contributed by atoms with E-state index in [4.69, 9.17) is 10.5 Å². The van der Waals surface area contributed by atoms with Gasteiger partial charge in [0.1, 0.15) is 17.7 Å². The summed E-state index contributed by atoms with van der Waals surface area (Å²) in [5.41, 5.74) is 1.94. The van der Waals surface area contributed by atoms with E-state index in [-0.39, 0.29) is 48.3 Å². The number of allylic oxidation sites excluding steroid dienone is 6. The second-order valence-electron chi connectivity index (χ2n) is 4.01. The SMILES string of the molecule is CC1=CC(=C(C#N)C#N)C=C(C)N1CCOS(=O)(=O)[O-].[Na+]. The summed E-state index contributed by atoms with van der Waals surface area (Å²) < 4.78 is 35.2. The number of hydrogen-bond acceptors (Lipinski definition) is 7. The molecule has 21 heavy (non-hydrogen) atoms. The molecule has 0 amide bonds. The van der Waals surface area contributed by atoms with Gasteiger partial charge in [-0.25, -0.2) is 8.42 Å². The van der Waals surface area contributed by atoms with Gasteiger partial charge in [0.05, 0.1) is 6.61 Å². The first kappa shape index (κ1) is 19.9. The van der Waals surface area contributed by atoms with Gasteiger partial charge in [-0.1, -0.05) is 0 Å². The molecule has 9 heteroatoms. The van der Waals surface area contributed by atoms with Gasteiger partial charge in [0.15, 0.2) is 0 Å². The number of hydrogen-bond donors (Lipinski definition) is 0. The van der Waals surface area contributed by atoms with Crippen LogP contribution in [0.3, 0.4) is 0 Å². The van der Waals surface area contributed by atoms with Crippen LogP contribution in [0.2, 0.25) is 0 Å². The zero-order chi connectivity index (χ0) is 15.3. The van der Waals surface area contributed by atoms with Crippen molar-refractivity contribution in [3.63, 3.8) is 0 Å². The van der Waals surface area contributed by atoms with Crippen LogP contribution in [0.25, 0.3) is 0 Å². The van der Waals surface area contributed by atoms with Crippen LogP contribution in [0.1, 0.15) is 13.8 Å². The Morgan fingerprint density at radius 1 is 1.29 bits per heavy atom. The molecule has 7 nitrogen and oxygen atoms in total. The Bertz CT molecular complexity index is 642. The predicted molar refractivity (Wildman–Crippen MR) is 68.1 cm³/mol. The summed E-state index contributed by atoms with van der Waals surface area (Å²) >= 11 is 0. The van der Waals surface area contributed by atoms with Gasteiger partial charge in [-0.2, -0.15) is 10.5 Å². The van der Waals surface area contributed by atoms with Crippen molar-refractivity contribution < 1.29 is 46.7 Å². The zero-order valence-corrected chi connectivity index (χ0v) is 14.8. The second kappa shape index (κ2) is 8.35. The average molecular weight is 317 g/mol. The van der Waals surface area contributed by atoms with Crippen molar-refractivity contribution in [1.29, 1.82) is 10.5 Å². The summed E-state index contributed by atoms with van der Waals surface area (Å²) in [5, 5.41) is 17.6. The van der Waals surface area contributed by atoms with Gasteiger partial charge >= 0.3 is 29.6 Å². The first-order valence-corrected chi connectivity index (χ1v) is 6.90. The number of nitrogens with zero attached hydrogens (tertiary/aromatic N) is 3. The third-order valence-electron chi connectivity index (χ3n) is 2.64. The molecule has 1 aliphatic rings.